The maximum atomic E-state index is 10.5. The van der Waals surface area contributed by atoms with E-state index in [9.17, 15) is 4.79 Å². The smallest absolute Gasteiger partial charge is 0.341 e. The van der Waals surface area contributed by atoms with Gasteiger partial charge in [-0.25, -0.2) is 4.79 Å². The summed E-state index contributed by atoms with van der Waals surface area (Å²) in [4.78, 5) is 10.5. The van der Waals surface area contributed by atoms with E-state index in [2.05, 4.69) is 15.8 Å². The molecular weight excluding hydrogens is 382 g/mol. The Morgan fingerprint density at radius 3 is 2.39 bits per heavy atom. The van der Waals surface area contributed by atoms with E-state index in [1.54, 1.807) is 50.6 Å². The number of carboxylic acid groups (broad SMARTS) is 1. The van der Waals surface area contributed by atoms with E-state index in [0.29, 0.717) is 28.1 Å². The fourth-order valence-electron chi connectivity index (χ4n) is 2.21. The molecule has 0 saturated heterocycles. The Labute approximate surface area is 168 Å². The Balaban J connectivity index is 1.95. The zero-order chi connectivity index (χ0) is 20.5. The molecule has 0 unspecified atom stereocenters. The quantitative estimate of drug-likeness (QED) is 0.351. The minimum Gasteiger partial charge on any atom is -0.493 e. The van der Waals surface area contributed by atoms with Crippen LogP contribution < -0.4 is 25.0 Å². The monoisotopic (exact) mass is 403 g/mol. The SMILES string of the molecule is COc1ccc(NC(=S)N/N=C(/C)c2ccc(OCC(=O)O)cc2)cc1OC. The number of methoxy groups -OCH3 is 2. The van der Waals surface area contributed by atoms with Crippen molar-refractivity contribution in [2.75, 3.05) is 26.1 Å². The van der Waals surface area contributed by atoms with Crippen molar-refractivity contribution in [3.63, 3.8) is 0 Å². The van der Waals surface area contributed by atoms with Gasteiger partial charge in [0.1, 0.15) is 5.75 Å². The first-order valence-corrected chi connectivity index (χ1v) is 8.62. The molecule has 2 aromatic rings. The third-order valence-electron chi connectivity index (χ3n) is 3.60. The molecule has 0 amide bonds. The van der Waals surface area contributed by atoms with Crippen LogP contribution >= 0.6 is 12.2 Å². The topological polar surface area (TPSA) is 101 Å². The van der Waals surface area contributed by atoms with Crippen LogP contribution in [0.2, 0.25) is 0 Å². The molecule has 2 aromatic carbocycles. The molecule has 0 spiro atoms. The fourth-order valence-corrected chi connectivity index (χ4v) is 2.37. The molecule has 2 rings (SSSR count). The Bertz CT molecular complexity index is 868. The van der Waals surface area contributed by atoms with Gasteiger partial charge in [-0.05, 0) is 61.1 Å². The normalized spacial score (nSPS) is 10.8. The summed E-state index contributed by atoms with van der Waals surface area (Å²) < 4.78 is 15.6. The van der Waals surface area contributed by atoms with Crippen molar-refractivity contribution in [1.29, 1.82) is 0 Å². The Hall–Kier alpha value is -3.33. The lowest BCUT2D eigenvalue weighted by Gasteiger charge is -2.12. The van der Waals surface area contributed by atoms with Gasteiger partial charge in [-0.15, -0.1) is 0 Å². The molecule has 0 aromatic heterocycles. The Morgan fingerprint density at radius 2 is 1.79 bits per heavy atom. The summed E-state index contributed by atoms with van der Waals surface area (Å²) in [6.45, 7) is 1.43. The molecule has 0 aliphatic carbocycles. The number of nitrogens with zero attached hydrogens (tertiary/aromatic N) is 1. The van der Waals surface area contributed by atoms with Crippen LogP contribution in [0, 0.1) is 0 Å². The lowest BCUT2D eigenvalue weighted by Crippen LogP contribution is -2.25. The number of carboxylic acids is 1. The second-order valence-electron chi connectivity index (χ2n) is 5.54. The standard InChI is InChI=1S/C19H21N3O5S/c1-12(13-4-7-15(8-5-13)27-11-18(23)24)21-22-19(28)20-14-6-9-16(25-2)17(10-14)26-3/h4-10H,11H2,1-3H3,(H,23,24)(H2,20,22,28)/b21-12-. The number of hydrogen-bond donors (Lipinski definition) is 3. The number of rotatable bonds is 8. The van der Waals surface area contributed by atoms with Gasteiger partial charge in [0.2, 0.25) is 0 Å². The molecule has 0 aliphatic heterocycles. The number of carbonyl (C=O) groups is 1. The summed E-state index contributed by atoms with van der Waals surface area (Å²) in [5.41, 5.74) is 5.04. The van der Waals surface area contributed by atoms with Crippen LogP contribution in [0.5, 0.6) is 17.2 Å². The van der Waals surface area contributed by atoms with Gasteiger partial charge in [0, 0.05) is 11.8 Å². The Kier molecular flexibility index (Phi) is 7.58. The number of thiocarbonyl (C=S) groups is 1. The van der Waals surface area contributed by atoms with Crippen molar-refractivity contribution in [3.8, 4) is 17.2 Å². The summed E-state index contributed by atoms with van der Waals surface area (Å²) in [6, 6.07) is 12.3. The van der Waals surface area contributed by atoms with Gasteiger partial charge < -0.3 is 24.6 Å². The number of aliphatic carboxylic acids is 1. The highest BCUT2D eigenvalue weighted by Crippen LogP contribution is 2.29. The number of anilines is 1. The fraction of sp³-hybridized carbons (Fsp3) is 0.211. The molecule has 0 atom stereocenters. The molecule has 9 heteroatoms. The van der Waals surface area contributed by atoms with Crippen LogP contribution in [0.4, 0.5) is 5.69 Å². The van der Waals surface area contributed by atoms with Gasteiger partial charge in [0.05, 0.1) is 19.9 Å². The minimum absolute atomic E-state index is 0.313. The van der Waals surface area contributed by atoms with E-state index >= 15 is 0 Å². The number of benzene rings is 2. The Morgan fingerprint density at radius 1 is 1.11 bits per heavy atom. The first-order valence-electron chi connectivity index (χ1n) is 8.21. The highest BCUT2D eigenvalue weighted by Gasteiger charge is 2.06. The van der Waals surface area contributed by atoms with E-state index in [-0.39, 0.29) is 6.61 Å². The molecule has 28 heavy (non-hydrogen) atoms. The molecular formula is C19H21N3O5S. The van der Waals surface area contributed by atoms with Crippen molar-refractivity contribution < 1.29 is 24.1 Å². The zero-order valence-electron chi connectivity index (χ0n) is 15.7. The van der Waals surface area contributed by atoms with Crippen LogP contribution in [0.25, 0.3) is 0 Å². The van der Waals surface area contributed by atoms with Crippen molar-refractivity contribution in [1.82, 2.24) is 5.43 Å². The average molecular weight is 403 g/mol. The van der Waals surface area contributed by atoms with E-state index < -0.39 is 5.97 Å². The number of ether oxygens (including phenoxy) is 3. The molecule has 0 radical (unpaired) electrons. The predicted molar refractivity (Wildman–Crippen MR) is 111 cm³/mol. The number of hydrogen-bond acceptors (Lipinski definition) is 6. The van der Waals surface area contributed by atoms with Crippen LogP contribution in [0.15, 0.2) is 47.6 Å². The lowest BCUT2D eigenvalue weighted by molar-refractivity contribution is -0.139. The second kappa shape index (κ2) is 10.1. The molecule has 0 aliphatic rings. The van der Waals surface area contributed by atoms with Gasteiger partial charge in [-0.2, -0.15) is 5.10 Å². The zero-order valence-corrected chi connectivity index (χ0v) is 16.5. The van der Waals surface area contributed by atoms with Crippen molar-refractivity contribution in [2.24, 2.45) is 5.10 Å². The van der Waals surface area contributed by atoms with Gasteiger partial charge in [-0.1, -0.05) is 0 Å². The van der Waals surface area contributed by atoms with Crippen LogP contribution in [-0.2, 0) is 4.79 Å². The molecule has 0 heterocycles. The lowest BCUT2D eigenvalue weighted by atomic mass is 10.1. The molecule has 148 valence electrons. The van der Waals surface area contributed by atoms with E-state index in [0.717, 1.165) is 11.3 Å². The van der Waals surface area contributed by atoms with Crippen LogP contribution in [-0.4, -0.2) is 42.7 Å². The van der Waals surface area contributed by atoms with Crippen molar-refractivity contribution in [2.45, 2.75) is 6.92 Å². The molecule has 0 fully saturated rings. The summed E-state index contributed by atoms with van der Waals surface area (Å²) >= 11 is 5.25. The molecule has 0 saturated carbocycles. The first kappa shape index (κ1) is 21.0. The highest BCUT2D eigenvalue weighted by molar-refractivity contribution is 7.80. The predicted octanol–water partition coefficient (Wildman–Crippen LogP) is 2.88. The minimum atomic E-state index is -1.03. The van der Waals surface area contributed by atoms with Gasteiger partial charge in [0.25, 0.3) is 0 Å². The number of hydrazone groups is 1. The first-order chi connectivity index (χ1) is 13.4. The van der Waals surface area contributed by atoms with Crippen molar-refractivity contribution >= 4 is 34.7 Å². The van der Waals surface area contributed by atoms with Gasteiger partial charge in [0.15, 0.2) is 23.2 Å². The third-order valence-corrected chi connectivity index (χ3v) is 3.79. The van der Waals surface area contributed by atoms with Gasteiger partial charge >= 0.3 is 5.97 Å². The van der Waals surface area contributed by atoms with E-state index in [1.807, 2.05) is 13.0 Å². The maximum absolute atomic E-state index is 10.5. The largest absolute Gasteiger partial charge is 0.493 e. The van der Waals surface area contributed by atoms with Gasteiger partial charge in [-0.3, -0.25) is 5.43 Å². The van der Waals surface area contributed by atoms with E-state index in [1.165, 1.54) is 0 Å². The molecule has 3 N–H and O–H groups in total. The highest BCUT2D eigenvalue weighted by atomic mass is 32.1. The molecule has 0 bridgehead atoms. The summed E-state index contributed by atoms with van der Waals surface area (Å²) in [5, 5.41) is 16.2. The van der Waals surface area contributed by atoms with Crippen LogP contribution in [0.1, 0.15) is 12.5 Å². The summed E-state index contributed by atoms with van der Waals surface area (Å²) in [7, 11) is 3.13. The molecule has 8 nitrogen and oxygen atoms in total. The van der Waals surface area contributed by atoms with E-state index in [4.69, 9.17) is 31.5 Å². The number of nitrogens with one attached hydrogen (secondary N) is 2. The van der Waals surface area contributed by atoms with Crippen LogP contribution in [0.3, 0.4) is 0 Å². The third kappa shape index (κ3) is 6.13. The summed E-state index contributed by atoms with van der Waals surface area (Å²) in [5.74, 6) is 0.649. The summed E-state index contributed by atoms with van der Waals surface area (Å²) in [6.07, 6.45) is 0. The second-order valence-corrected chi connectivity index (χ2v) is 5.95. The average Bonchev–Trinajstić information content (AvgIpc) is 2.70. The van der Waals surface area contributed by atoms with Crippen molar-refractivity contribution in [3.05, 3.63) is 48.0 Å². The maximum Gasteiger partial charge on any atom is 0.341 e.